The van der Waals surface area contributed by atoms with Gasteiger partial charge in [-0.1, -0.05) is 5.16 Å². The third-order valence-electron chi connectivity index (χ3n) is 4.05. The van der Waals surface area contributed by atoms with E-state index in [-0.39, 0.29) is 11.7 Å². The number of H-pyrrole nitrogens is 1. The Hall–Kier alpha value is -3.62. The highest BCUT2D eigenvalue weighted by molar-refractivity contribution is 6.07. The minimum absolute atomic E-state index is 0.271. The molecule has 3 aromatic rings. The van der Waals surface area contributed by atoms with Gasteiger partial charge in [-0.2, -0.15) is 0 Å². The maximum Gasteiger partial charge on any atom is 0.324 e. The normalized spacial score (nSPS) is 15.4. The van der Waals surface area contributed by atoms with Crippen molar-refractivity contribution >= 4 is 34.2 Å². The topological polar surface area (TPSA) is 112 Å². The van der Waals surface area contributed by atoms with Crippen molar-refractivity contribution in [3.8, 4) is 0 Å². The van der Waals surface area contributed by atoms with Crippen LogP contribution in [0.1, 0.15) is 22.5 Å². The van der Waals surface area contributed by atoms with Crippen LogP contribution in [0.15, 0.2) is 41.3 Å². The van der Waals surface area contributed by atoms with Gasteiger partial charge in [-0.25, -0.2) is 9.18 Å². The van der Waals surface area contributed by atoms with Gasteiger partial charge in [0.2, 0.25) is 0 Å². The number of halogens is 1. The summed E-state index contributed by atoms with van der Waals surface area (Å²) >= 11 is 0. The van der Waals surface area contributed by atoms with Crippen molar-refractivity contribution in [1.29, 1.82) is 0 Å². The number of anilines is 1. The molecule has 3 amide bonds. The molecule has 0 unspecified atom stereocenters. The molecule has 0 atom stereocenters. The average Bonchev–Trinajstić information content (AvgIpc) is 3.21. The predicted molar refractivity (Wildman–Crippen MR) is 91.8 cm³/mol. The molecule has 4 N–H and O–H groups in total. The van der Waals surface area contributed by atoms with Crippen LogP contribution in [0.5, 0.6) is 0 Å². The Morgan fingerprint density at radius 2 is 2.23 bits per heavy atom. The van der Waals surface area contributed by atoms with E-state index in [2.05, 4.69) is 30.6 Å². The zero-order valence-corrected chi connectivity index (χ0v) is 13.4. The third kappa shape index (κ3) is 2.90. The van der Waals surface area contributed by atoms with E-state index in [1.807, 2.05) is 0 Å². The molecule has 1 aliphatic rings. The summed E-state index contributed by atoms with van der Waals surface area (Å²) in [6, 6.07) is 5.26. The van der Waals surface area contributed by atoms with E-state index in [1.165, 1.54) is 30.7 Å². The lowest BCUT2D eigenvalue weighted by atomic mass is 10.0. The van der Waals surface area contributed by atoms with Crippen LogP contribution in [0.2, 0.25) is 0 Å². The number of benzene rings is 1. The van der Waals surface area contributed by atoms with Crippen LogP contribution in [0, 0.1) is 5.82 Å². The van der Waals surface area contributed by atoms with Gasteiger partial charge in [0.1, 0.15) is 17.8 Å². The first-order chi connectivity index (χ1) is 12.6. The highest BCUT2D eigenvalue weighted by Crippen LogP contribution is 2.32. The molecule has 9 heteroatoms. The second-order valence-electron chi connectivity index (χ2n) is 5.72. The van der Waals surface area contributed by atoms with Crippen LogP contribution in [0.25, 0.3) is 16.5 Å². The van der Waals surface area contributed by atoms with Gasteiger partial charge in [-0.15, -0.1) is 0 Å². The van der Waals surface area contributed by atoms with Gasteiger partial charge in [0.15, 0.2) is 5.82 Å². The molecule has 1 aliphatic heterocycles. The Balaban J connectivity index is 1.69. The fraction of sp³-hybridized carbons (Fsp3) is 0.118. The third-order valence-corrected chi connectivity index (χ3v) is 4.05. The molecular weight excluding hydrogens is 341 g/mol. The molecule has 0 bridgehead atoms. The molecule has 0 saturated heterocycles. The quantitative estimate of drug-likeness (QED) is 0.566. The number of hydrogen-bond donors (Lipinski definition) is 4. The van der Waals surface area contributed by atoms with Crippen LogP contribution in [-0.4, -0.2) is 28.6 Å². The molecular formula is C17H14FN5O3. The van der Waals surface area contributed by atoms with Crippen LogP contribution >= 0.6 is 0 Å². The summed E-state index contributed by atoms with van der Waals surface area (Å²) in [5.41, 5.74) is 2.26. The number of carbonyl (C=O) groups excluding carboxylic acids is 2. The molecule has 0 saturated carbocycles. The Kier molecular flexibility index (Phi) is 3.88. The maximum absolute atomic E-state index is 13.7. The number of hydrogen-bond acceptors (Lipinski definition) is 4. The zero-order valence-electron chi connectivity index (χ0n) is 13.4. The summed E-state index contributed by atoms with van der Waals surface area (Å²) in [6.07, 6.45) is 3.32. The summed E-state index contributed by atoms with van der Waals surface area (Å²) in [5, 5.41) is 12.0. The standard InChI is InChI=1S/C17H14FN5O3/c18-10-1-2-12-11(7-10)14-9(3-5-19-16(24)15(14)21-12)8-20-17(25)22-13-4-6-26-23-13/h1-2,4,6-8,21H,3,5H2,(H,19,24)(H2,20,22,23,25)/b9-8+. The van der Waals surface area contributed by atoms with E-state index in [1.54, 1.807) is 6.07 Å². The van der Waals surface area contributed by atoms with Gasteiger partial charge >= 0.3 is 6.03 Å². The number of nitrogens with one attached hydrogen (secondary N) is 4. The van der Waals surface area contributed by atoms with Gasteiger partial charge in [0.25, 0.3) is 5.91 Å². The number of fused-ring (bicyclic) bond motifs is 3. The van der Waals surface area contributed by atoms with Crippen molar-refractivity contribution in [1.82, 2.24) is 20.8 Å². The number of aromatic nitrogens is 2. The maximum atomic E-state index is 13.7. The van der Waals surface area contributed by atoms with Crippen LogP contribution in [0.4, 0.5) is 15.0 Å². The van der Waals surface area contributed by atoms with Gasteiger partial charge in [-0.05, 0) is 30.2 Å². The number of nitrogens with zero attached hydrogens (tertiary/aromatic N) is 1. The van der Waals surface area contributed by atoms with E-state index in [0.717, 1.165) is 0 Å². The van der Waals surface area contributed by atoms with Crippen LogP contribution in [-0.2, 0) is 0 Å². The second-order valence-corrected chi connectivity index (χ2v) is 5.72. The van der Waals surface area contributed by atoms with Gasteiger partial charge in [-0.3, -0.25) is 10.1 Å². The second kappa shape index (κ2) is 6.36. The van der Waals surface area contributed by atoms with Crippen molar-refractivity contribution in [2.45, 2.75) is 6.42 Å². The van der Waals surface area contributed by atoms with Crippen molar-refractivity contribution in [2.24, 2.45) is 0 Å². The first-order valence-electron chi connectivity index (χ1n) is 7.88. The predicted octanol–water partition coefficient (Wildman–Crippen LogP) is 2.59. The average molecular weight is 355 g/mol. The Labute approximate surface area is 146 Å². The first-order valence-corrected chi connectivity index (χ1v) is 7.88. The highest BCUT2D eigenvalue weighted by atomic mass is 19.1. The fourth-order valence-corrected chi connectivity index (χ4v) is 2.92. The van der Waals surface area contributed by atoms with Crippen molar-refractivity contribution in [2.75, 3.05) is 11.9 Å². The number of amides is 3. The summed E-state index contributed by atoms with van der Waals surface area (Å²) in [4.78, 5) is 27.3. The SMILES string of the molecule is O=C(N/C=C1\CCNC(=O)c2[nH]c3ccc(F)cc3c21)Nc1ccon1. The largest absolute Gasteiger partial charge is 0.363 e. The van der Waals surface area contributed by atoms with Gasteiger partial charge < -0.3 is 20.1 Å². The molecule has 0 aliphatic carbocycles. The fourth-order valence-electron chi connectivity index (χ4n) is 2.92. The van der Waals surface area contributed by atoms with E-state index in [4.69, 9.17) is 0 Å². The number of aromatic amines is 1. The summed E-state index contributed by atoms with van der Waals surface area (Å²) in [6.45, 7) is 0.399. The Bertz CT molecular complexity index is 1020. The molecule has 1 aromatic carbocycles. The van der Waals surface area contributed by atoms with Crippen LogP contribution in [0.3, 0.4) is 0 Å². The first kappa shape index (κ1) is 15.9. The molecule has 2 aromatic heterocycles. The molecule has 0 spiro atoms. The summed E-state index contributed by atoms with van der Waals surface area (Å²) in [7, 11) is 0. The molecule has 0 radical (unpaired) electrons. The number of rotatable bonds is 2. The van der Waals surface area contributed by atoms with E-state index >= 15 is 0 Å². The summed E-state index contributed by atoms with van der Waals surface area (Å²) < 4.78 is 18.3. The molecule has 4 rings (SSSR count). The molecule has 132 valence electrons. The van der Waals surface area contributed by atoms with Crippen molar-refractivity contribution in [3.05, 3.63) is 53.8 Å². The zero-order chi connectivity index (χ0) is 18.1. The van der Waals surface area contributed by atoms with Gasteiger partial charge in [0, 0.05) is 35.3 Å². The minimum Gasteiger partial charge on any atom is -0.363 e. The lowest BCUT2D eigenvalue weighted by molar-refractivity contribution is 0.0952. The molecule has 26 heavy (non-hydrogen) atoms. The highest BCUT2D eigenvalue weighted by Gasteiger charge is 2.24. The van der Waals surface area contributed by atoms with E-state index in [0.29, 0.717) is 40.7 Å². The van der Waals surface area contributed by atoms with Gasteiger partial charge in [0.05, 0.1) is 0 Å². The Morgan fingerprint density at radius 1 is 1.35 bits per heavy atom. The van der Waals surface area contributed by atoms with Crippen molar-refractivity contribution < 1.29 is 18.5 Å². The number of carbonyl (C=O) groups is 2. The molecule has 0 fully saturated rings. The number of urea groups is 1. The van der Waals surface area contributed by atoms with Crippen LogP contribution < -0.4 is 16.0 Å². The molecule has 8 nitrogen and oxygen atoms in total. The smallest absolute Gasteiger partial charge is 0.324 e. The van der Waals surface area contributed by atoms with Crippen molar-refractivity contribution in [3.63, 3.8) is 0 Å². The van der Waals surface area contributed by atoms with E-state index in [9.17, 15) is 14.0 Å². The Morgan fingerprint density at radius 3 is 3.04 bits per heavy atom. The summed E-state index contributed by atoms with van der Waals surface area (Å²) in [5.74, 6) is -0.402. The van der Waals surface area contributed by atoms with E-state index < -0.39 is 11.8 Å². The lowest BCUT2D eigenvalue weighted by Crippen LogP contribution is -2.24. The monoisotopic (exact) mass is 355 g/mol. The lowest BCUT2D eigenvalue weighted by Gasteiger charge is -2.06. The molecule has 3 heterocycles. The minimum atomic E-state index is -0.512.